The van der Waals surface area contributed by atoms with E-state index in [4.69, 9.17) is 0 Å². The maximum absolute atomic E-state index is 4.66. The molecule has 0 unspecified atom stereocenters. The molecule has 21 heavy (non-hydrogen) atoms. The van der Waals surface area contributed by atoms with Crippen molar-refractivity contribution >= 4 is 5.82 Å². The predicted molar refractivity (Wildman–Crippen MR) is 89.8 cm³/mol. The number of piperazine rings is 1. The van der Waals surface area contributed by atoms with E-state index in [2.05, 4.69) is 73.9 Å². The summed E-state index contributed by atoms with van der Waals surface area (Å²) in [7, 11) is 2.20. The van der Waals surface area contributed by atoms with Gasteiger partial charge in [-0.15, -0.1) is 0 Å². The summed E-state index contributed by atoms with van der Waals surface area (Å²) in [5.74, 6) is 1.09. The summed E-state index contributed by atoms with van der Waals surface area (Å²) in [6.45, 7) is 15.2. The molecule has 1 saturated heterocycles. The zero-order chi connectivity index (χ0) is 15.7. The monoisotopic (exact) mass is 290 g/mol. The molecule has 1 aromatic rings. The van der Waals surface area contributed by atoms with Gasteiger partial charge in [-0.3, -0.25) is 4.90 Å². The molecule has 4 nitrogen and oxygen atoms in total. The summed E-state index contributed by atoms with van der Waals surface area (Å²) >= 11 is 0. The minimum Gasteiger partial charge on any atom is -0.354 e. The van der Waals surface area contributed by atoms with E-state index in [1.54, 1.807) is 0 Å². The fourth-order valence-corrected chi connectivity index (χ4v) is 2.51. The van der Waals surface area contributed by atoms with Crippen molar-refractivity contribution in [1.29, 1.82) is 0 Å². The quantitative estimate of drug-likeness (QED) is 0.927. The molecule has 1 N–H and O–H groups in total. The van der Waals surface area contributed by atoms with Gasteiger partial charge in [-0.25, -0.2) is 4.98 Å². The Morgan fingerprint density at radius 2 is 1.95 bits per heavy atom. The first-order valence-electron chi connectivity index (χ1n) is 7.83. The summed E-state index contributed by atoms with van der Waals surface area (Å²) in [6.07, 6.45) is 2.00. The molecule has 1 aliphatic heterocycles. The Morgan fingerprint density at radius 3 is 2.48 bits per heavy atom. The topological polar surface area (TPSA) is 31.4 Å². The minimum absolute atomic E-state index is 0.139. The third-order valence-electron chi connectivity index (χ3n) is 4.27. The highest BCUT2D eigenvalue weighted by Gasteiger charge is 2.31. The van der Waals surface area contributed by atoms with Crippen molar-refractivity contribution in [2.45, 2.75) is 52.2 Å². The highest BCUT2D eigenvalue weighted by atomic mass is 15.3. The minimum atomic E-state index is 0.139. The second kappa shape index (κ2) is 5.93. The molecule has 0 amide bonds. The van der Waals surface area contributed by atoms with E-state index in [9.17, 15) is 0 Å². The van der Waals surface area contributed by atoms with E-state index < -0.39 is 0 Å². The lowest BCUT2D eigenvalue weighted by Gasteiger charge is -2.45. The fraction of sp³-hybridized carbons (Fsp3) is 0.706. The van der Waals surface area contributed by atoms with Crippen LogP contribution in [0.15, 0.2) is 18.3 Å². The average molecular weight is 290 g/mol. The number of aromatic nitrogens is 1. The number of nitrogens with one attached hydrogen (secondary N) is 1. The van der Waals surface area contributed by atoms with E-state index in [0.29, 0.717) is 0 Å². The van der Waals surface area contributed by atoms with Gasteiger partial charge in [0.2, 0.25) is 0 Å². The van der Waals surface area contributed by atoms with Crippen LogP contribution in [0.3, 0.4) is 0 Å². The molecule has 2 rings (SSSR count). The average Bonchev–Trinajstić information content (AvgIpc) is 2.39. The molecule has 0 aromatic carbocycles. The first-order chi connectivity index (χ1) is 9.67. The van der Waals surface area contributed by atoms with Crippen molar-refractivity contribution in [3.8, 4) is 0 Å². The van der Waals surface area contributed by atoms with Crippen molar-refractivity contribution < 1.29 is 0 Å². The summed E-state index contributed by atoms with van der Waals surface area (Å²) in [5, 5.41) is 3.50. The lowest BCUT2D eigenvalue weighted by molar-refractivity contribution is 0.138. The van der Waals surface area contributed by atoms with Gasteiger partial charge in [0.15, 0.2) is 0 Å². The number of hydrogen-bond donors (Lipinski definition) is 1. The maximum Gasteiger partial charge on any atom is 0.128 e. The number of rotatable bonds is 3. The van der Waals surface area contributed by atoms with Crippen molar-refractivity contribution in [3.63, 3.8) is 0 Å². The molecule has 118 valence electrons. The first-order valence-corrected chi connectivity index (χ1v) is 7.83. The molecular weight excluding hydrogens is 260 g/mol. The Labute approximate surface area is 129 Å². The number of pyridine rings is 1. The largest absolute Gasteiger partial charge is 0.354 e. The Balaban J connectivity index is 1.99. The first kappa shape index (κ1) is 16.2. The van der Waals surface area contributed by atoms with Crippen LogP contribution < -0.4 is 10.2 Å². The maximum atomic E-state index is 4.66. The molecule has 0 spiro atoms. The summed E-state index contributed by atoms with van der Waals surface area (Å²) < 4.78 is 0. The van der Waals surface area contributed by atoms with Gasteiger partial charge in [-0.2, -0.15) is 0 Å². The highest BCUT2D eigenvalue weighted by molar-refractivity contribution is 5.40. The van der Waals surface area contributed by atoms with E-state index in [1.165, 1.54) is 5.56 Å². The van der Waals surface area contributed by atoms with Gasteiger partial charge in [-0.1, -0.05) is 6.07 Å². The van der Waals surface area contributed by atoms with E-state index in [1.807, 2.05) is 6.20 Å². The third-order valence-corrected chi connectivity index (χ3v) is 4.27. The van der Waals surface area contributed by atoms with Crippen LogP contribution in [0.1, 0.15) is 40.2 Å². The number of likely N-dealkylation sites (N-methyl/N-ethyl adjacent to an activating group) is 1. The van der Waals surface area contributed by atoms with Crippen molar-refractivity contribution in [2.24, 2.45) is 0 Å². The Morgan fingerprint density at radius 1 is 1.24 bits per heavy atom. The van der Waals surface area contributed by atoms with Crippen LogP contribution in [0.2, 0.25) is 0 Å². The van der Waals surface area contributed by atoms with E-state index >= 15 is 0 Å². The Hall–Kier alpha value is -1.13. The second-order valence-electron chi connectivity index (χ2n) is 7.78. The van der Waals surface area contributed by atoms with Crippen molar-refractivity contribution in [1.82, 2.24) is 15.2 Å². The zero-order valence-electron chi connectivity index (χ0n) is 14.4. The van der Waals surface area contributed by atoms with Crippen LogP contribution >= 0.6 is 0 Å². The summed E-state index contributed by atoms with van der Waals surface area (Å²) in [6, 6.07) is 4.34. The van der Waals surface area contributed by atoms with Crippen LogP contribution in [0.4, 0.5) is 5.82 Å². The van der Waals surface area contributed by atoms with Crippen LogP contribution in [-0.4, -0.2) is 47.6 Å². The molecular formula is C17H30N4. The van der Waals surface area contributed by atoms with Gasteiger partial charge >= 0.3 is 0 Å². The smallest absolute Gasteiger partial charge is 0.128 e. The molecule has 0 atom stereocenters. The van der Waals surface area contributed by atoms with Crippen LogP contribution in [0.5, 0.6) is 0 Å². The lowest BCUT2D eigenvalue weighted by atomic mass is 10.00. The predicted octanol–water partition coefficient (Wildman–Crippen LogP) is 2.50. The Kier molecular flexibility index (Phi) is 4.59. The van der Waals surface area contributed by atoms with Gasteiger partial charge in [0.25, 0.3) is 0 Å². The molecule has 1 aromatic heterocycles. The molecule has 4 heteroatoms. The number of anilines is 1. The lowest BCUT2D eigenvalue weighted by Crippen LogP contribution is -2.57. The summed E-state index contributed by atoms with van der Waals surface area (Å²) in [4.78, 5) is 9.47. The van der Waals surface area contributed by atoms with Gasteiger partial charge in [0.1, 0.15) is 5.82 Å². The highest BCUT2D eigenvalue weighted by Crippen LogP contribution is 2.23. The third kappa shape index (κ3) is 4.42. The van der Waals surface area contributed by atoms with Crippen LogP contribution in [0, 0.1) is 0 Å². The van der Waals surface area contributed by atoms with Gasteiger partial charge in [-0.05, 0) is 53.3 Å². The molecule has 1 aliphatic rings. The van der Waals surface area contributed by atoms with Crippen molar-refractivity contribution in [2.75, 3.05) is 31.6 Å². The zero-order valence-corrected chi connectivity index (χ0v) is 14.4. The number of nitrogens with zero attached hydrogens (tertiary/aromatic N) is 3. The molecule has 0 radical (unpaired) electrons. The normalized spacial score (nSPS) is 19.8. The molecule has 1 fully saturated rings. The van der Waals surface area contributed by atoms with Crippen molar-refractivity contribution in [3.05, 3.63) is 23.9 Å². The van der Waals surface area contributed by atoms with Gasteiger partial charge in [0.05, 0.1) is 0 Å². The fourth-order valence-electron chi connectivity index (χ4n) is 2.51. The molecule has 0 saturated carbocycles. The van der Waals surface area contributed by atoms with Crippen LogP contribution in [-0.2, 0) is 6.54 Å². The van der Waals surface area contributed by atoms with Crippen LogP contribution in [0.25, 0.3) is 0 Å². The standard InChI is InChI=1S/C17H30N4/c1-16(2,3)19-12-14-7-8-15(18-11-14)21-10-9-20(6)17(4,5)13-21/h7-8,11,19H,9-10,12-13H2,1-6H3. The molecule has 2 heterocycles. The van der Waals surface area contributed by atoms with Gasteiger partial charge in [0, 0.05) is 43.5 Å². The van der Waals surface area contributed by atoms with E-state index in [0.717, 1.165) is 32.0 Å². The summed E-state index contributed by atoms with van der Waals surface area (Å²) in [5.41, 5.74) is 1.58. The second-order valence-corrected chi connectivity index (χ2v) is 7.78. The Bertz CT molecular complexity index is 459. The van der Waals surface area contributed by atoms with E-state index in [-0.39, 0.29) is 11.1 Å². The molecule has 0 bridgehead atoms. The SMILES string of the molecule is CN1CCN(c2ccc(CNC(C)(C)C)cn2)CC1(C)C. The van der Waals surface area contributed by atoms with Gasteiger partial charge < -0.3 is 10.2 Å². The molecule has 0 aliphatic carbocycles. The number of hydrogen-bond acceptors (Lipinski definition) is 4.